The smallest absolute Gasteiger partial charge is 0.324 e. The molecule has 0 aromatic heterocycles. The molecular formula is C65H75NO6PS2Si2+. The summed E-state index contributed by atoms with van der Waals surface area (Å²) in [7, 11) is -19.1. The number of hydrogen-bond acceptors (Lipinski definition) is 6. The summed E-state index contributed by atoms with van der Waals surface area (Å²) >= 11 is 0. The van der Waals surface area contributed by atoms with Gasteiger partial charge in [0, 0.05) is 19.8 Å². The first-order valence-electron chi connectivity index (χ1n) is 26.8. The van der Waals surface area contributed by atoms with Crippen LogP contribution in [0.5, 0.6) is 0 Å². The van der Waals surface area contributed by atoms with Crippen LogP contribution in [-0.4, -0.2) is 69.7 Å². The zero-order valence-corrected chi connectivity index (χ0v) is 50.2. The molecule has 1 unspecified atom stereocenters. The van der Waals surface area contributed by atoms with Crippen LogP contribution in [0.1, 0.15) is 66.4 Å². The molecule has 0 aliphatic rings. The summed E-state index contributed by atoms with van der Waals surface area (Å²) in [5.74, 6) is 0. The summed E-state index contributed by atoms with van der Waals surface area (Å²) in [4.78, 5) is -0.263. The van der Waals surface area contributed by atoms with Crippen LogP contribution in [0.25, 0.3) is 0 Å². The van der Waals surface area contributed by atoms with E-state index >= 15 is 16.8 Å². The van der Waals surface area contributed by atoms with Gasteiger partial charge in [0.1, 0.15) is 23.2 Å². The molecule has 0 heterocycles. The van der Waals surface area contributed by atoms with E-state index in [0.717, 1.165) is 42.2 Å². The fourth-order valence-corrected chi connectivity index (χ4v) is 29.5. The van der Waals surface area contributed by atoms with Crippen molar-refractivity contribution in [2.45, 2.75) is 88.7 Å². The van der Waals surface area contributed by atoms with Gasteiger partial charge in [-0.05, 0) is 106 Å². The number of aryl methyl sites for hydroxylation is 1. The zero-order valence-electron chi connectivity index (χ0n) is 45.7. The quantitative estimate of drug-likeness (QED) is 0.0274. The van der Waals surface area contributed by atoms with Crippen molar-refractivity contribution < 1.29 is 25.7 Å². The highest BCUT2D eigenvalue weighted by molar-refractivity contribution is 8.66. The molecule has 0 spiro atoms. The summed E-state index contributed by atoms with van der Waals surface area (Å²) in [6.45, 7) is 15.7. The van der Waals surface area contributed by atoms with Crippen LogP contribution in [-0.2, 0) is 26.8 Å². The number of benzene rings is 8. The maximum Gasteiger partial charge on any atom is 0.324 e. The number of unbranched alkanes of at least 4 members (excludes halogenated alkanes) is 1. The summed E-state index contributed by atoms with van der Waals surface area (Å²) in [5, 5.41) is 7.04. The highest BCUT2D eigenvalue weighted by atomic mass is 33.2. The summed E-state index contributed by atoms with van der Waals surface area (Å²) in [6.07, 6.45) is 1.32. The molecule has 0 fully saturated rings. The zero-order chi connectivity index (χ0) is 54.8. The Bertz CT molecular complexity index is 3160. The van der Waals surface area contributed by atoms with Gasteiger partial charge in [-0.15, -0.1) is 0 Å². The van der Waals surface area contributed by atoms with E-state index < -0.39 is 47.9 Å². The second-order valence-electron chi connectivity index (χ2n) is 22.0. The first-order valence-corrected chi connectivity index (χ1v) is 36.0. The van der Waals surface area contributed by atoms with Crippen molar-refractivity contribution in [3.05, 3.63) is 242 Å². The van der Waals surface area contributed by atoms with Crippen LogP contribution in [0.2, 0.25) is 10.1 Å². The fraction of sp³-hybridized carbons (Fsp3) is 0.262. The molecule has 400 valence electrons. The highest BCUT2D eigenvalue weighted by Gasteiger charge is 2.54. The molecule has 0 aliphatic heterocycles. The summed E-state index contributed by atoms with van der Waals surface area (Å²) in [5.41, 5.74) is 0.820. The molecule has 0 bridgehead atoms. The molecule has 7 nitrogen and oxygen atoms in total. The largest absolute Gasteiger partial charge is 0.407 e. The third-order valence-corrected chi connectivity index (χ3v) is 34.9. The fourth-order valence-electron chi connectivity index (χ4n) is 11.3. The third kappa shape index (κ3) is 11.9. The molecule has 1 atom stereocenters. The predicted octanol–water partition coefficient (Wildman–Crippen LogP) is 11.0. The van der Waals surface area contributed by atoms with Crippen molar-refractivity contribution in [1.29, 1.82) is 0 Å². The van der Waals surface area contributed by atoms with Crippen molar-refractivity contribution >= 4 is 78.5 Å². The van der Waals surface area contributed by atoms with E-state index in [1.165, 1.54) is 16.4 Å². The van der Waals surface area contributed by atoms with Crippen LogP contribution in [0.3, 0.4) is 0 Å². The molecule has 8 aromatic carbocycles. The molecule has 8 aromatic rings. The van der Waals surface area contributed by atoms with Gasteiger partial charge in [-0.3, -0.25) is 0 Å². The maximum atomic E-state index is 16.0. The molecule has 0 saturated carbocycles. The van der Waals surface area contributed by atoms with Crippen LogP contribution in [0.4, 0.5) is 0 Å². The van der Waals surface area contributed by atoms with E-state index in [1.807, 2.05) is 85.8 Å². The van der Waals surface area contributed by atoms with Crippen molar-refractivity contribution in [3.63, 3.8) is 0 Å². The van der Waals surface area contributed by atoms with Crippen molar-refractivity contribution in [3.8, 4) is 0 Å². The Hall–Kier alpha value is -5.60. The summed E-state index contributed by atoms with van der Waals surface area (Å²) in [6, 6.07) is 78.2. The van der Waals surface area contributed by atoms with E-state index in [4.69, 9.17) is 8.85 Å². The number of nitrogens with zero attached hydrogens (tertiary/aromatic N) is 1. The first-order chi connectivity index (χ1) is 36.9. The van der Waals surface area contributed by atoms with Gasteiger partial charge in [-0.2, -0.15) is 12.7 Å². The maximum absolute atomic E-state index is 16.0. The molecule has 0 N–H and O–H groups in total. The van der Waals surface area contributed by atoms with Gasteiger partial charge in [-0.1, -0.05) is 235 Å². The minimum absolute atomic E-state index is 0.0697. The lowest BCUT2D eigenvalue weighted by Gasteiger charge is -2.43. The Morgan fingerprint density at radius 2 is 0.766 bits per heavy atom. The van der Waals surface area contributed by atoms with Gasteiger partial charge < -0.3 is 8.85 Å². The first kappa shape index (κ1) is 57.6. The van der Waals surface area contributed by atoms with E-state index in [2.05, 4.69) is 175 Å². The average molecular weight is 1120 g/mol. The molecule has 12 heteroatoms. The van der Waals surface area contributed by atoms with Gasteiger partial charge in [0.05, 0.1) is 17.1 Å². The lowest BCUT2D eigenvalue weighted by atomic mass is 10.2. The van der Waals surface area contributed by atoms with Crippen molar-refractivity contribution in [2.75, 3.05) is 25.9 Å². The topological polar surface area (TPSA) is 90.0 Å². The van der Waals surface area contributed by atoms with Crippen LogP contribution < -0.4 is 36.7 Å². The van der Waals surface area contributed by atoms with Gasteiger partial charge in [0.25, 0.3) is 25.5 Å². The molecule has 0 aliphatic carbocycles. The van der Waals surface area contributed by atoms with E-state index in [9.17, 15) is 0 Å². The molecule has 0 saturated heterocycles. The van der Waals surface area contributed by atoms with Gasteiger partial charge in [-0.25, -0.2) is 8.42 Å². The van der Waals surface area contributed by atoms with E-state index in [-0.39, 0.29) is 34.5 Å². The second-order valence-corrected chi connectivity index (χ2v) is 39.4. The van der Waals surface area contributed by atoms with Gasteiger partial charge >= 0.3 is 9.06 Å². The molecule has 77 heavy (non-hydrogen) atoms. The summed E-state index contributed by atoms with van der Waals surface area (Å²) < 4.78 is 78.7. The van der Waals surface area contributed by atoms with E-state index in [1.54, 1.807) is 12.1 Å². The second kappa shape index (κ2) is 24.6. The average Bonchev–Trinajstić information content (AvgIpc) is 3.50. The lowest BCUT2D eigenvalue weighted by molar-refractivity contribution is 0.234. The molecular weight excluding hydrogens is 1040 g/mol. The number of rotatable bonds is 23. The minimum atomic E-state index is -5.16. The number of hydrogen-bond donors (Lipinski definition) is 0. The normalized spacial score (nSPS) is 13.4. The van der Waals surface area contributed by atoms with E-state index in [0.29, 0.717) is 25.6 Å². The Balaban J connectivity index is 1.29. The Morgan fingerprint density at radius 1 is 0.442 bits per heavy atom. The highest BCUT2D eigenvalue weighted by Crippen LogP contribution is 2.57. The van der Waals surface area contributed by atoms with Crippen LogP contribution in [0, 0.1) is 6.92 Å². The lowest BCUT2D eigenvalue weighted by Crippen LogP contribution is -2.66. The predicted molar refractivity (Wildman–Crippen MR) is 329 cm³/mol. The standard InChI is InChI=1S/C65H75NO6PS2Si2/c1-54-45-47-59(48-46-54)74(67,68)75(69,70)66(50-29-30-51-71-76(64(2,3)4,60-37-21-11-22-38-60)61-39-23-12-24-40-61)55(49-52-72-77(65(5,6)7,62-41-25-13-26-42-62)63-43-27-14-28-44-63)53-73(56-31-15-8-16-32-56,57-33-17-9-18-34-57)58-35-19-10-20-36-58/h8-28,31-48,55H,29-30,49-53H2,1-7H3/q+1. The van der Waals surface area contributed by atoms with Crippen molar-refractivity contribution in [2.24, 2.45) is 0 Å². The van der Waals surface area contributed by atoms with Crippen molar-refractivity contribution in [1.82, 2.24) is 4.31 Å². The van der Waals surface area contributed by atoms with Gasteiger partial charge in [0.15, 0.2) is 0 Å². The SMILES string of the molecule is Cc1ccc(S(=O)(=O)S(=O)(=O)N(CCCCO[Si](c2ccccc2)(c2ccccc2)C(C)(C)C)C(CCO[Si](c2ccccc2)(c2ccccc2)C(C)(C)C)C[P+](c2ccccc2)(c2ccccc2)c2ccccc2)cc1. The Labute approximate surface area is 462 Å². The van der Waals surface area contributed by atoms with Crippen LogP contribution in [0.15, 0.2) is 241 Å². The molecule has 0 radical (unpaired) electrons. The van der Waals surface area contributed by atoms with Crippen LogP contribution >= 0.6 is 7.26 Å². The Morgan fingerprint density at radius 3 is 1.10 bits per heavy atom. The Kier molecular flexibility index (Phi) is 18.4. The minimum Gasteiger partial charge on any atom is -0.407 e. The molecule has 0 amide bonds. The van der Waals surface area contributed by atoms with Gasteiger partial charge in [0.2, 0.25) is 0 Å². The third-order valence-electron chi connectivity index (χ3n) is 15.1. The molecule has 8 rings (SSSR count). The monoisotopic (exact) mass is 1120 g/mol.